The Bertz CT molecular complexity index is 1310. The Hall–Kier alpha value is -3.39. The van der Waals surface area contributed by atoms with E-state index < -0.39 is 5.82 Å². The summed E-state index contributed by atoms with van der Waals surface area (Å²) >= 11 is 0. The number of anilines is 1. The second-order valence-electron chi connectivity index (χ2n) is 8.35. The molecule has 0 bridgehead atoms. The number of aromatic nitrogens is 4. The van der Waals surface area contributed by atoms with E-state index in [0.717, 1.165) is 37.9 Å². The molecule has 0 saturated carbocycles. The summed E-state index contributed by atoms with van der Waals surface area (Å²) in [4.78, 5) is 19.7. The van der Waals surface area contributed by atoms with Crippen molar-refractivity contribution in [1.82, 2.24) is 24.5 Å². The van der Waals surface area contributed by atoms with Gasteiger partial charge < -0.3 is 14.6 Å². The number of likely N-dealkylation sites (tertiary alicyclic amines) is 1. The second-order valence-corrected chi connectivity index (χ2v) is 8.35. The van der Waals surface area contributed by atoms with E-state index in [9.17, 15) is 9.18 Å². The highest BCUT2D eigenvalue weighted by molar-refractivity contribution is 6.12. The summed E-state index contributed by atoms with van der Waals surface area (Å²) in [6, 6.07) is 7.06. The van der Waals surface area contributed by atoms with Gasteiger partial charge in [-0.15, -0.1) is 5.10 Å². The summed E-state index contributed by atoms with van der Waals surface area (Å²) < 4.78 is 16.0. The highest BCUT2D eigenvalue weighted by atomic mass is 19.1. The maximum absolute atomic E-state index is 14.4. The van der Waals surface area contributed by atoms with Crippen LogP contribution in [0.25, 0.3) is 16.6 Å². The number of benzene rings is 1. The van der Waals surface area contributed by atoms with Crippen molar-refractivity contribution in [2.75, 3.05) is 25.0 Å². The van der Waals surface area contributed by atoms with E-state index in [0.29, 0.717) is 28.4 Å². The first kappa shape index (κ1) is 20.5. The van der Waals surface area contributed by atoms with E-state index >= 15 is 0 Å². The topological polar surface area (TPSA) is 75.4 Å². The molecule has 5 rings (SSSR count). The first-order chi connectivity index (χ1) is 15.5. The number of aryl methyl sites for hydroxylation is 1. The van der Waals surface area contributed by atoms with Crippen molar-refractivity contribution in [3.8, 4) is 0 Å². The number of imidazole rings is 1. The Morgan fingerprint density at radius 2 is 2.03 bits per heavy atom. The molecule has 0 aliphatic carbocycles. The number of hydrogen-bond acceptors (Lipinski definition) is 5. The molecular weight excluding hydrogens is 407 g/mol. The van der Waals surface area contributed by atoms with E-state index in [1.807, 2.05) is 18.2 Å². The Kier molecular flexibility index (Phi) is 5.30. The van der Waals surface area contributed by atoms with Crippen molar-refractivity contribution < 1.29 is 9.18 Å². The van der Waals surface area contributed by atoms with Crippen molar-refractivity contribution in [2.24, 2.45) is 0 Å². The second kappa shape index (κ2) is 8.27. The molecule has 1 fully saturated rings. The van der Waals surface area contributed by atoms with Gasteiger partial charge >= 0.3 is 0 Å². The van der Waals surface area contributed by atoms with Crippen molar-refractivity contribution in [3.63, 3.8) is 0 Å². The largest absolute Gasteiger partial charge is 0.320 e. The standard InChI is InChI=1S/C24H25FN6O/c1-3-30-10-7-16(8-11-30)18-4-5-20(22-19(18)6-9-26-29-22)24(32)28-17-12-21(25)23-27-15(2)13-31(23)14-17/h4-6,9,12-14,16H,3,7-8,10-11H2,1-2H3,(H,28,32). The third-order valence-corrected chi connectivity index (χ3v) is 6.32. The first-order valence-corrected chi connectivity index (χ1v) is 11.0. The van der Waals surface area contributed by atoms with Gasteiger partial charge in [0.1, 0.15) is 5.52 Å². The first-order valence-electron chi connectivity index (χ1n) is 11.0. The maximum atomic E-state index is 14.4. The lowest BCUT2D eigenvalue weighted by molar-refractivity contribution is 0.102. The van der Waals surface area contributed by atoms with Gasteiger partial charge in [-0.2, -0.15) is 5.10 Å². The minimum Gasteiger partial charge on any atom is -0.320 e. The van der Waals surface area contributed by atoms with Crippen LogP contribution in [0.4, 0.5) is 10.1 Å². The fourth-order valence-electron chi connectivity index (χ4n) is 4.65. The zero-order chi connectivity index (χ0) is 22.2. The molecule has 3 aromatic heterocycles. The molecule has 8 heteroatoms. The summed E-state index contributed by atoms with van der Waals surface area (Å²) in [6.45, 7) is 7.21. The lowest BCUT2D eigenvalue weighted by atomic mass is 9.86. The summed E-state index contributed by atoms with van der Waals surface area (Å²) in [6.07, 6.45) is 7.20. The van der Waals surface area contributed by atoms with Crippen LogP contribution in [0.3, 0.4) is 0 Å². The Labute approximate surface area is 185 Å². The Balaban J connectivity index is 1.46. The third-order valence-electron chi connectivity index (χ3n) is 6.32. The van der Waals surface area contributed by atoms with E-state index in [2.05, 4.69) is 32.3 Å². The van der Waals surface area contributed by atoms with Gasteiger partial charge in [0.2, 0.25) is 0 Å². The van der Waals surface area contributed by atoms with Crippen molar-refractivity contribution in [1.29, 1.82) is 0 Å². The molecule has 1 N–H and O–H groups in total. The van der Waals surface area contributed by atoms with Crippen molar-refractivity contribution in [2.45, 2.75) is 32.6 Å². The van der Waals surface area contributed by atoms with Crippen molar-refractivity contribution >= 4 is 28.1 Å². The number of nitrogens with zero attached hydrogens (tertiary/aromatic N) is 5. The fraction of sp³-hybridized carbons (Fsp3) is 0.333. The molecule has 4 aromatic rings. The van der Waals surface area contributed by atoms with Crippen LogP contribution >= 0.6 is 0 Å². The molecule has 4 heterocycles. The van der Waals surface area contributed by atoms with E-state index in [1.165, 1.54) is 11.6 Å². The van der Waals surface area contributed by atoms with Gasteiger partial charge in [0.15, 0.2) is 11.5 Å². The highest BCUT2D eigenvalue weighted by Gasteiger charge is 2.23. The number of pyridine rings is 1. The monoisotopic (exact) mass is 432 g/mol. The molecule has 164 valence electrons. The lowest BCUT2D eigenvalue weighted by Crippen LogP contribution is -2.32. The summed E-state index contributed by atoms with van der Waals surface area (Å²) in [5, 5.41) is 12.1. The average molecular weight is 433 g/mol. The number of carbonyl (C=O) groups is 1. The molecule has 1 aliphatic heterocycles. The highest BCUT2D eigenvalue weighted by Crippen LogP contribution is 2.33. The number of fused-ring (bicyclic) bond motifs is 2. The van der Waals surface area contributed by atoms with Crippen LogP contribution in [0.15, 0.2) is 42.9 Å². The molecule has 0 radical (unpaired) electrons. The molecule has 1 aliphatic rings. The summed E-state index contributed by atoms with van der Waals surface area (Å²) in [5.74, 6) is -0.407. The molecule has 0 unspecified atom stereocenters. The van der Waals surface area contributed by atoms with E-state index in [4.69, 9.17) is 0 Å². The molecule has 1 aromatic carbocycles. The van der Waals surface area contributed by atoms with E-state index in [1.54, 1.807) is 29.9 Å². The smallest absolute Gasteiger partial charge is 0.257 e. The fourth-order valence-corrected chi connectivity index (χ4v) is 4.65. The average Bonchev–Trinajstić information content (AvgIpc) is 3.19. The zero-order valence-corrected chi connectivity index (χ0v) is 18.2. The molecule has 32 heavy (non-hydrogen) atoms. The lowest BCUT2D eigenvalue weighted by Gasteiger charge is -2.31. The Morgan fingerprint density at radius 1 is 1.22 bits per heavy atom. The number of nitrogens with one attached hydrogen (secondary N) is 1. The van der Waals surface area contributed by atoms with Gasteiger partial charge in [0.05, 0.1) is 23.1 Å². The minimum absolute atomic E-state index is 0.232. The Morgan fingerprint density at radius 3 is 2.81 bits per heavy atom. The molecule has 0 atom stereocenters. The predicted octanol–water partition coefficient (Wildman–Crippen LogP) is 4.18. The summed E-state index contributed by atoms with van der Waals surface area (Å²) in [5.41, 5.74) is 3.49. The quantitative estimate of drug-likeness (QED) is 0.524. The van der Waals surface area contributed by atoms with Gasteiger partial charge in [-0.25, -0.2) is 9.37 Å². The zero-order valence-electron chi connectivity index (χ0n) is 18.2. The minimum atomic E-state index is -0.491. The SMILES string of the molecule is CCN1CCC(c2ccc(C(=O)Nc3cc(F)c4nc(C)cn4c3)c3nnccc23)CC1. The molecule has 1 saturated heterocycles. The molecular formula is C24H25FN6O. The van der Waals surface area contributed by atoms with Crippen LogP contribution in [-0.2, 0) is 0 Å². The predicted molar refractivity (Wildman–Crippen MR) is 121 cm³/mol. The third kappa shape index (κ3) is 3.71. The summed E-state index contributed by atoms with van der Waals surface area (Å²) in [7, 11) is 0. The number of rotatable bonds is 4. The number of hydrogen-bond donors (Lipinski definition) is 1. The van der Waals surface area contributed by atoms with Crippen molar-refractivity contribution in [3.05, 3.63) is 65.5 Å². The van der Waals surface area contributed by atoms with Gasteiger partial charge in [0.25, 0.3) is 5.91 Å². The van der Waals surface area contributed by atoms with Gasteiger partial charge in [-0.1, -0.05) is 13.0 Å². The van der Waals surface area contributed by atoms with Crippen LogP contribution in [0.1, 0.15) is 47.3 Å². The number of halogens is 1. The van der Waals surface area contributed by atoms with Crippen LogP contribution in [0.2, 0.25) is 0 Å². The number of carbonyl (C=O) groups excluding carboxylic acids is 1. The van der Waals surface area contributed by atoms with Gasteiger partial charge in [0, 0.05) is 23.8 Å². The van der Waals surface area contributed by atoms with Gasteiger partial charge in [-0.3, -0.25) is 4.79 Å². The van der Waals surface area contributed by atoms with E-state index in [-0.39, 0.29) is 11.6 Å². The molecule has 7 nitrogen and oxygen atoms in total. The van der Waals surface area contributed by atoms with Crippen LogP contribution in [-0.4, -0.2) is 50.0 Å². The van der Waals surface area contributed by atoms with Crippen LogP contribution in [0.5, 0.6) is 0 Å². The molecule has 0 spiro atoms. The van der Waals surface area contributed by atoms with Crippen LogP contribution < -0.4 is 5.32 Å². The molecule has 1 amide bonds. The van der Waals surface area contributed by atoms with Crippen LogP contribution in [0, 0.1) is 12.7 Å². The number of amides is 1. The maximum Gasteiger partial charge on any atom is 0.257 e. The van der Waals surface area contributed by atoms with Gasteiger partial charge in [-0.05, 0) is 63.0 Å². The normalized spacial score (nSPS) is 15.5. The number of piperidine rings is 1.